The number of piperidine rings is 1. The summed E-state index contributed by atoms with van der Waals surface area (Å²) in [6.07, 6.45) is 7.32. The molecule has 0 aliphatic carbocycles. The van der Waals surface area contributed by atoms with Crippen LogP contribution >= 0.6 is 11.6 Å². The highest BCUT2D eigenvalue weighted by molar-refractivity contribution is 6.31. The Morgan fingerprint density at radius 2 is 2.29 bits per heavy atom. The molecular weight excluding hydrogens is 236 g/mol. The number of ether oxygens (including phenoxy) is 1. The van der Waals surface area contributed by atoms with E-state index in [1.54, 1.807) is 18.4 Å². The van der Waals surface area contributed by atoms with Gasteiger partial charge in [-0.1, -0.05) is 18.2 Å². The molecule has 2 rings (SSSR count). The van der Waals surface area contributed by atoms with E-state index in [4.69, 9.17) is 16.3 Å². The highest BCUT2D eigenvalue weighted by atomic mass is 35.5. The minimum atomic E-state index is 0.301. The molecule has 0 spiro atoms. The van der Waals surface area contributed by atoms with Crippen molar-refractivity contribution < 1.29 is 4.74 Å². The van der Waals surface area contributed by atoms with Gasteiger partial charge in [0, 0.05) is 24.7 Å². The predicted molar refractivity (Wildman–Crippen MR) is 70.9 cm³/mol. The summed E-state index contributed by atoms with van der Waals surface area (Å²) < 4.78 is 5.64. The lowest BCUT2D eigenvalue weighted by atomic mass is 9.95. The molecule has 1 N–H and O–H groups in total. The molecule has 1 unspecified atom stereocenters. The van der Waals surface area contributed by atoms with Crippen molar-refractivity contribution in [1.82, 2.24) is 5.32 Å². The number of nitrogens with one attached hydrogen (secondary N) is 1. The fourth-order valence-electron chi connectivity index (χ4n) is 1.93. The Morgan fingerprint density at radius 3 is 3.00 bits per heavy atom. The van der Waals surface area contributed by atoms with Crippen LogP contribution in [0.15, 0.2) is 40.7 Å². The van der Waals surface area contributed by atoms with E-state index < -0.39 is 0 Å². The normalized spacial score (nSPS) is 34.8. The maximum Gasteiger partial charge on any atom is 0.199 e. The summed E-state index contributed by atoms with van der Waals surface area (Å²) in [6, 6.07) is 0.572. The Kier molecular flexibility index (Phi) is 4.02. The standard InChI is InChI=1S/C13H17ClN2O/c1-9-3-5-11(7-15-9)13-16-8-12(14)6-4-10(2)17-13/h4,6,8-9,11,15H,2-3,5,7H2,1H3/b6-4-,12-8+,16-13?/t9-,11?/m1/s1. The van der Waals surface area contributed by atoms with Gasteiger partial charge in [-0.05, 0) is 31.9 Å². The number of aliphatic imine (C=N–C) groups is 1. The van der Waals surface area contributed by atoms with Gasteiger partial charge in [0.1, 0.15) is 5.76 Å². The number of rotatable bonds is 1. The van der Waals surface area contributed by atoms with Gasteiger partial charge in [0.05, 0.1) is 5.03 Å². The number of hydrogen-bond donors (Lipinski definition) is 1. The first-order valence-corrected chi connectivity index (χ1v) is 6.24. The zero-order valence-electron chi connectivity index (χ0n) is 9.95. The molecular formula is C13H17ClN2O. The fraction of sp³-hybridized carbons (Fsp3) is 0.462. The van der Waals surface area contributed by atoms with E-state index in [0.29, 0.717) is 28.6 Å². The number of nitrogens with zero attached hydrogens (tertiary/aromatic N) is 1. The monoisotopic (exact) mass is 252 g/mol. The van der Waals surface area contributed by atoms with E-state index in [1.165, 1.54) is 0 Å². The maximum absolute atomic E-state index is 5.94. The molecule has 0 aromatic rings. The summed E-state index contributed by atoms with van der Waals surface area (Å²) in [7, 11) is 0. The third kappa shape index (κ3) is 3.45. The average molecular weight is 253 g/mol. The Labute approximate surface area is 107 Å². The zero-order chi connectivity index (χ0) is 12.3. The molecule has 2 atom stereocenters. The van der Waals surface area contributed by atoms with E-state index in [2.05, 4.69) is 23.8 Å². The van der Waals surface area contributed by atoms with Crippen LogP contribution in [0.5, 0.6) is 0 Å². The molecule has 2 aliphatic rings. The molecule has 1 saturated heterocycles. The molecule has 0 aromatic carbocycles. The zero-order valence-corrected chi connectivity index (χ0v) is 10.7. The molecule has 0 aromatic heterocycles. The summed E-state index contributed by atoms with van der Waals surface area (Å²) in [5.41, 5.74) is 0. The minimum absolute atomic E-state index is 0.301. The van der Waals surface area contributed by atoms with Crippen molar-refractivity contribution in [2.75, 3.05) is 6.54 Å². The third-order valence-corrected chi connectivity index (χ3v) is 3.21. The predicted octanol–water partition coefficient (Wildman–Crippen LogP) is 2.95. The average Bonchev–Trinajstić information content (AvgIpc) is 2.31. The highest BCUT2D eigenvalue weighted by Gasteiger charge is 2.24. The number of halogens is 1. The second-order valence-corrected chi connectivity index (χ2v) is 4.90. The summed E-state index contributed by atoms with van der Waals surface area (Å²) in [6.45, 7) is 6.90. The van der Waals surface area contributed by atoms with Gasteiger partial charge in [-0.3, -0.25) is 0 Å². The Balaban J connectivity index is 2.11. The first-order chi connectivity index (χ1) is 8.15. The summed E-state index contributed by atoms with van der Waals surface area (Å²) in [4.78, 5) is 4.31. The summed E-state index contributed by atoms with van der Waals surface area (Å²) in [5.74, 6) is 1.58. The molecule has 92 valence electrons. The largest absolute Gasteiger partial charge is 0.443 e. The van der Waals surface area contributed by atoms with E-state index in [9.17, 15) is 0 Å². The second kappa shape index (κ2) is 5.52. The van der Waals surface area contributed by atoms with Crippen LogP contribution in [-0.2, 0) is 4.74 Å². The van der Waals surface area contributed by atoms with E-state index >= 15 is 0 Å². The molecule has 1 fully saturated rings. The van der Waals surface area contributed by atoms with Gasteiger partial charge in [-0.25, -0.2) is 4.99 Å². The van der Waals surface area contributed by atoms with Crippen molar-refractivity contribution in [3.05, 3.63) is 35.7 Å². The van der Waals surface area contributed by atoms with Gasteiger partial charge in [0.2, 0.25) is 0 Å². The molecule has 0 amide bonds. The first kappa shape index (κ1) is 12.4. The summed E-state index contributed by atoms with van der Waals surface area (Å²) >= 11 is 5.94. The van der Waals surface area contributed by atoms with Gasteiger partial charge in [0.15, 0.2) is 5.90 Å². The maximum atomic E-state index is 5.94. The van der Waals surface area contributed by atoms with Crippen molar-refractivity contribution in [3.63, 3.8) is 0 Å². The van der Waals surface area contributed by atoms with Crippen LogP contribution in [0.4, 0.5) is 0 Å². The Hall–Kier alpha value is -1.06. The number of hydrogen-bond acceptors (Lipinski definition) is 3. The molecule has 3 nitrogen and oxygen atoms in total. The molecule has 4 heteroatoms. The van der Waals surface area contributed by atoms with Crippen LogP contribution < -0.4 is 5.32 Å². The molecule has 17 heavy (non-hydrogen) atoms. The van der Waals surface area contributed by atoms with Crippen LogP contribution in [0.1, 0.15) is 19.8 Å². The lowest BCUT2D eigenvalue weighted by Crippen LogP contribution is -2.40. The van der Waals surface area contributed by atoms with E-state index in [-0.39, 0.29) is 0 Å². The van der Waals surface area contributed by atoms with Gasteiger partial charge in [-0.15, -0.1) is 0 Å². The van der Waals surface area contributed by atoms with Crippen molar-refractivity contribution in [2.24, 2.45) is 10.9 Å². The van der Waals surface area contributed by atoms with Crippen LogP contribution in [0.2, 0.25) is 0 Å². The third-order valence-electron chi connectivity index (χ3n) is 2.99. The summed E-state index contributed by atoms with van der Waals surface area (Å²) in [5, 5.41) is 4.02. The topological polar surface area (TPSA) is 33.6 Å². The molecule has 2 heterocycles. The molecule has 0 bridgehead atoms. The van der Waals surface area contributed by atoms with Gasteiger partial charge in [-0.2, -0.15) is 0 Å². The second-order valence-electron chi connectivity index (χ2n) is 4.47. The Morgan fingerprint density at radius 1 is 1.47 bits per heavy atom. The van der Waals surface area contributed by atoms with Crippen LogP contribution in [-0.4, -0.2) is 18.5 Å². The molecule has 0 radical (unpaired) electrons. The molecule has 0 saturated carbocycles. The van der Waals surface area contributed by atoms with Crippen molar-refractivity contribution in [1.29, 1.82) is 0 Å². The van der Waals surface area contributed by atoms with Crippen molar-refractivity contribution in [3.8, 4) is 0 Å². The van der Waals surface area contributed by atoms with E-state index in [1.807, 2.05) is 0 Å². The lowest BCUT2D eigenvalue weighted by Gasteiger charge is -2.28. The highest BCUT2D eigenvalue weighted by Crippen LogP contribution is 2.20. The number of allylic oxidation sites excluding steroid dienone is 3. The quantitative estimate of drug-likeness (QED) is 0.779. The van der Waals surface area contributed by atoms with Crippen molar-refractivity contribution in [2.45, 2.75) is 25.8 Å². The van der Waals surface area contributed by atoms with Gasteiger partial charge >= 0.3 is 0 Å². The fourth-order valence-corrected chi connectivity index (χ4v) is 2.05. The lowest BCUT2D eigenvalue weighted by molar-refractivity contribution is 0.325. The Bertz CT molecular complexity index is 390. The SMILES string of the molecule is C=C1/C=C\C(Cl)=C/N=C(C2CC[C@@H](C)NC2)O1. The van der Waals surface area contributed by atoms with E-state index in [0.717, 1.165) is 19.4 Å². The molecule has 2 aliphatic heterocycles. The van der Waals surface area contributed by atoms with Gasteiger partial charge < -0.3 is 10.1 Å². The van der Waals surface area contributed by atoms with Crippen LogP contribution in [0, 0.1) is 5.92 Å². The minimum Gasteiger partial charge on any atom is -0.443 e. The smallest absolute Gasteiger partial charge is 0.199 e. The first-order valence-electron chi connectivity index (χ1n) is 5.86. The van der Waals surface area contributed by atoms with Crippen LogP contribution in [0.3, 0.4) is 0 Å². The van der Waals surface area contributed by atoms with Crippen molar-refractivity contribution >= 4 is 17.5 Å². The van der Waals surface area contributed by atoms with Crippen LogP contribution in [0.25, 0.3) is 0 Å². The van der Waals surface area contributed by atoms with Gasteiger partial charge in [0.25, 0.3) is 0 Å².